The first-order chi connectivity index (χ1) is 14.2. The number of rotatable bonds is 9. The molecule has 6 nitrogen and oxygen atoms in total. The minimum Gasteiger partial charge on any atom is -0.491 e. The first-order valence-electron chi connectivity index (χ1n) is 10.3. The van der Waals surface area contributed by atoms with Gasteiger partial charge in [-0.3, -0.25) is 0 Å². The highest BCUT2D eigenvalue weighted by Crippen LogP contribution is 2.35. The fourth-order valence-corrected chi connectivity index (χ4v) is 3.39. The van der Waals surface area contributed by atoms with Crippen molar-refractivity contribution in [2.45, 2.75) is 52.4 Å². The Morgan fingerprint density at radius 1 is 1.33 bits per heavy atom. The summed E-state index contributed by atoms with van der Waals surface area (Å²) in [4.78, 5) is 4.35. The number of ether oxygens (including phenoxy) is 2. The van der Waals surface area contributed by atoms with Gasteiger partial charge in [0, 0.05) is 31.7 Å². The molecule has 0 bridgehead atoms. The van der Waals surface area contributed by atoms with E-state index in [0.29, 0.717) is 38.7 Å². The van der Waals surface area contributed by atoms with Crippen molar-refractivity contribution in [2.24, 2.45) is 10.4 Å². The van der Waals surface area contributed by atoms with Gasteiger partial charge in [0.15, 0.2) is 5.96 Å². The highest BCUT2D eigenvalue weighted by Gasteiger charge is 2.35. The maximum absolute atomic E-state index is 13.6. The van der Waals surface area contributed by atoms with E-state index in [1.165, 1.54) is 12.1 Å². The summed E-state index contributed by atoms with van der Waals surface area (Å²) in [5.41, 5.74) is -0.871. The van der Waals surface area contributed by atoms with Crippen LogP contribution in [0.2, 0.25) is 0 Å². The van der Waals surface area contributed by atoms with Gasteiger partial charge in [-0.1, -0.05) is 6.07 Å². The molecule has 0 aromatic heterocycles. The Labute approximate surface area is 175 Å². The lowest BCUT2D eigenvalue weighted by atomic mass is 9.84. The van der Waals surface area contributed by atoms with E-state index in [0.717, 1.165) is 12.5 Å². The number of hydrogen-bond donors (Lipinski definition) is 3. The van der Waals surface area contributed by atoms with Crippen molar-refractivity contribution in [3.8, 4) is 5.75 Å². The number of aliphatic imine (C=N–C) groups is 1. The number of aliphatic hydroxyl groups is 1. The summed E-state index contributed by atoms with van der Waals surface area (Å²) in [5.74, 6) is 0.611. The van der Waals surface area contributed by atoms with Gasteiger partial charge in [-0.15, -0.1) is 0 Å². The molecule has 1 aromatic rings. The van der Waals surface area contributed by atoms with E-state index in [1.807, 2.05) is 6.92 Å². The van der Waals surface area contributed by atoms with Crippen LogP contribution in [0.15, 0.2) is 23.2 Å². The molecule has 170 valence electrons. The van der Waals surface area contributed by atoms with Crippen molar-refractivity contribution in [3.05, 3.63) is 29.3 Å². The largest absolute Gasteiger partial charge is 0.491 e. The summed E-state index contributed by atoms with van der Waals surface area (Å²) in [6.07, 6.45) is -3.31. The van der Waals surface area contributed by atoms with E-state index >= 15 is 0 Å². The Morgan fingerprint density at radius 3 is 2.67 bits per heavy atom. The number of guanidine groups is 1. The highest BCUT2D eigenvalue weighted by atomic mass is 19.4. The van der Waals surface area contributed by atoms with Gasteiger partial charge in [-0.05, 0) is 51.3 Å². The van der Waals surface area contributed by atoms with Gasteiger partial charge in [-0.2, -0.15) is 13.2 Å². The van der Waals surface area contributed by atoms with Gasteiger partial charge < -0.3 is 25.2 Å². The number of benzene rings is 1. The SMILES string of the molecule is CCNC(=NCc1ccc(OC(C)C)cc1C(F)(F)F)NCC1(CCO)CCOC1. The van der Waals surface area contributed by atoms with Crippen LogP contribution < -0.4 is 15.4 Å². The van der Waals surface area contributed by atoms with Gasteiger partial charge in [0.1, 0.15) is 5.75 Å². The number of nitrogens with zero attached hydrogens (tertiary/aromatic N) is 1. The van der Waals surface area contributed by atoms with Crippen molar-refractivity contribution in [1.29, 1.82) is 0 Å². The summed E-state index contributed by atoms with van der Waals surface area (Å²) in [7, 11) is 0. The molecule has 1 fully saturated rings. The molecular weight excluding hydrogens is 399 g/mol. The number of nitrogens with one attached hydrogen (secondary N) is 2. The summed E-state index contributed by atoms with van der Waals surface area (Å²) < 4.78 is 51.5. The lowest BCUT2D eigenvalue weighted by Gasteiger charge is -2.27. The fraction of sp³-hybridized carbons (Fsp3) is 0.667. The average molecular weight is 431 g/mol. The number of halogens is 3. The number of hydrogen-bond acceptors (Lipinski definition) is 4. The Balaban J connectivity index is 2.16. The zero-order valence-electron chi connectivity index (χ0n) is 17.8. The molecule has 30 heavy (non-hydrogen) atoms. The lowest BCUT2D eigenvalue weighted by Crippen LogP contribution is -2.44. The van der Waals surface area contributed by atoms with E-state index < -0.39 is 11.7 Å². The van der Waals surface area contributed by atoms with E-state index in [9.17, 15) is 18.3 Å². The van der Waals surface area contributed by atoms with Crippen molar-refractivity contribution in [2.75, 3.05) is 32.9 Å². The van der Waals surface area contributed by atoms with Crippen LogP contribution in [0.25, 0.3) is 0 Å². The summed E-state index contributed by atoms with van der Waals surface area (Å²) in [5, 5.41) is 15.6. The number of aliphatic hydroxyl groups excluding tert-OH is 1. The standard InChI is InChI=1S/C21H32F3N3O3/c1-4-25-19(27-13-20(7-9-28)8-10-29-14-20)26-12-16-5-6-17(30-15(2)3)11-18(16)21(22,23)24/h5-6,11,15,28H,4,7-10,12-14H2,1-3H3,(H2,25,26,27). The molecule has 0 radical (unpaired) electrons. The molecule has 1 aliphatic rings. The van der Waals surface area contributed by atoms with Crippen LogP contribution in [0.1, 0.15) is 44.7 Å². The van der Waals surface area contributed by atoms with Crippen LogP contribution in [0.4, 0.5) is 13.2 Å². The van der Waals surface area contributed by atoms with E-state index in [2.05, 4.69) is 15.6 Å². The molecule has 1 aromatic carbocycles. The Morgan fingerprint density at radius 2 is 2.10 bits per heavy atom. The van der Waals surface area contributed by atoms with Crippen molar-refractivity contribution in [1.82, 2.24) is 10.6 Å². The van der Waals surface area contributed by atoms with Crippen LogP contribution in [-0.4, -0.2) is 50.1 Å². The first-order valence-corrected chi connectivity index (χ1v) is 10.3. The van der Waals surface area contributed by atoms with Crippen LogP contribution in [0, 0.1) is 5.41 Å². The first kappa shape index (κ1) is 24.3. The molecule has 0 saturated carbocycles. The quantitative estimate of drug-likeness (QED) is 0.413. The molecular formula is C21H32F3N3O3. The highest BCUT2D eigenvalue weighted by molar-refractivity contribution is 5.79. The normalized spacial score (nSPS) is 19.9. The number of alkyl halides is 3. The van der Waals surface area contributed by atoms with Gasteiger partial charge in [0.2, 0.25) is 0 Å². The second-order valence-electron chi connectivity index (χ2n) is 7.81. The molecule has 1 heterocycles. The predicted molar refractivity (Wildman–Crippen MR) is 110 cm³/mol. The summed E-state index contributed by atoms with van der Waals surface area (Å²) in [6, 6.07) is 3.97. The topological polar surface area (TPSA) is 75.1 Å². The molecule has 0 aliphatic carbocycles. The molecule has 0 spiro atoms. The van der Waals surface area contributed by atoms with Crippen LogP contribution in [0.3, 0.4) is 0 Å². The van der Waals surface area contributed by atoms with Crippen molar-refractivity contribution >= 4 is 5.96 Å². The molecule has 1 unspecified atom stereocenters. The Kier molecular flexibility index (Phi) is 8.78. The van der Waals surface area contributed by atoms with Crippen LogP contribution in [-0.2, 0) is 17.5 Å². The Hall–Kier alpha value is -2.00. The molecule has 1 atom stereocenters. The average Bonchev–Trinajstić information content (AvgIpc) is 3.12. The van der Waals surface area contributed by atoms with Crippen molar-refractivity contribution in [3.63, 3.8) is 0 Å². The van der Waals surface area contributed by atoms with E-state index in [1.54, 1.807) is 13.8 Å². The maximum atomic E-state index is 13.6. The molecule has 1 aliphatic heterocycles. The van der Waals surface area contributed by atoms with E-state index in [4.69, 9.17) is 9.47 Å². The van der Waals surface area contributed by atoms with Gasteiger partial charge in [0.25, 0.3) is 0 Å². The maximum Gasteiger partial charge on any atom is 0.416 e. The third-order valence-corrected chi connectivity index (χ3v) is 4.97. The van der Waals surface area contributed by atoms with E-state index in [-0.39, 0.29) is 36.0 Å². The smallest absolute Gasteiger partial charge is 0.416 e. The molecule has 0 amide bonds. The van der Waals surface area contributed by atoms with Gasteiger partial charge >= 0.3 is 6.18 Å². The monoisotopic (exact) mass is 431 g/mol. The fourth-order valence-electron chi connectivity index (χ4n) is 3.39. The second kappa shape index (κ2) is 10.9. The second-order valence-corrected chi connectivity index (χ2v) is 7.81. The van der Waals surface area contributed by atoms with Crippen LogP contribution >= 0.6 is 0 Å². The third-order valence-electron chi connectivity index (χ3n) is 4.97. The zero-order valence-corrected chi connectivity index (χ0v) is 17.8. The molecule has 1 saturated heterocycles. The van der Waals surface area contributed by atoms with Crippen molar-refractivity contribution < 1.29 is 27.8 Å². The third kappa shape index (κ3) is 7.05. The van der Waals surface area contributed by atoms with Gasteiger partial charge in [0.05, 0.1) is 24.8 Å². The lowest BCUT2D eigenvalue weighted by molar-refractivity contribution is -0.138. The minimum atomic E-state index is -4.50. The minimum absolute atomic E-state index is 0.0540. The molecule has 2 rings (SSSR count). The predicted octanol–water partition coefficient (Wildman–Crippen LogP) is 3.34. The molecule has 3 N–H and O–H groups in total. The zero-order chi connectivity index (χ0) is 22.2. The Bertz CT molecular complexity index is 702. The van der Waals surface area contributed by atoms with Gasteiger partial charge in [-0.25, -0.2) is 4.99 Å². The molecule has 9 heteroatoms. The summed E-state index contributed by atoms with van der Waals surface area (Å²) in [6.45, 7) is 7.60. The summed E-state index contributed by atoms with van der Waals surface area (Å²) >= 11 is 0. The van der Waals surface area contributed by atoms with Crippen LogP contribution in [0.5, 0.6) is 5.75 Å².